The third kappa shape index (κ3) is 3.00. The molecule has 0 radical (unpaired) electrons. The van der Waals surface area contributed by atoms with Crippen LogP contribution in [-0.2, 0) is 21.7 Å². The fourth-order valence-electron chi connectivity index (χ4n) is 2.69. The number of amides is 2. The predicted octanol–water partition coefficient (Wildman–Crippen LogP) is 1.94. The van der Waals surface area contributed by atoms with Crippen LogP contribution in [0.4, 0.5) is 10.5 Å². The molecule has 2 heterocycles. The number of rotatable bonds is 3. The number of nitrogens with zero attached hydrogens (tertiary/aromatic N) is 1. The molecule has 2 aliphatic heterocycles. The lowest BCUT2D eigenvalue weighted by Gasteiger charge is -2.24. The highest BCUT2D eigenvalue weighted by molar-refractivity contribution is 7.98. The second-order valence-electron chi connectivity index (χ2n) is 5.29. The Hall–Kier alpha value is -1.69. The van der Waals surface area contributed by atoms with Gasteiger partial charge in [-0.25, -0.2) is 4.79 Å². The monoisotopic (exact) mass is 306 g/mol. The van der Waals surface area contributed by atoms with Crippen molar-refractivity contribution in [2.45, 2.75) is 25.1 Å². The highest BCUT2D eigenvalue weighted by Gasteiger charge is 2.34. The number of hydrogen-bond donors (Lipinski definition) is 1. The zero-order chi connectivity index (χ0) is 14.8. The van der Waals surface area contributed by atoms with E-state index in [1.165, 1.54) is 18.1 Å². The molecular formula is C15H18N2O3S. The second-order valence-corrected chi connectivity index (χ2v) is 6.40. The summed E-state index contributed by atoms with van der Waals surface area (Å²) in [7, 11) is 0. The van der Waals surface area contributed by atoms with Gasteiger partial charge in [-0.1, -0.05) is 6.07 Å². The molecule has 1 fully saturated rings. The minimum absolute atomic E-state index is 0.101. The van der Waals surface area contributed by atoms with Gasteiger partial charge in [0.25, 0.3) is 0 Å². The molecule has 21 heavy (non-hydrogen) atoms. The van der Waals surface area contributed by atoms with Gasteiger partial charge in [-0.2, -0.15) is 11.8 Å². The van der Waals surface area contributed by atoms with Gasteiger partial charge in [0.1, 0.15) is 6.61 Å². The van der Waals surface area contributed by atoms with Crippen molar-refractivity contribution >= 4 is 29.4 Å². The fraction of sp³-hybridized carbons (Fsp3) is 0.467. The molecule has 1 aromatic carbocycles. The van der Waals surface area contributed by atoms with E-state index in [4.69, 9.17) is 4.74 Å². The first-order valence-electron chi connectivity index (χ1n) is 7.05. The molecule has 0 spiro atoms. The molecule has 1 atom stereocenters. The number of fused-ring (bicyclic) bond motifs is 1. The highest BCUT2D eigenvalue weighted by atomic mass is 32.2. The molecule has 2 amide bonds. The highest BCUT2D eigenvalue weighted by Crippen LogP contribution is 2.30. The molecule has 5 nitrogen and oxygen atoms in total. The van der Waals surface area contributed by atoms with E-state index >= 15 is 0 Å². The number of benzene rings is 1. The van der Waals surface area contributed by atoms with Crippen molar-refractivity contribution in [1.29, 1.82) is 0 Å². The number of carbonyl (C=O) groups excluding carboxylic acids is 2. The molecule has 1 unspecified atom stereocenters. The molecule has 3 rings (SSSR count). The van der Waals surface area contributed by atoms with Crippen molar-refractivity contribution in [3.05, 3.63) is 29.3 Å². The lowest BCUT2D eigenvalue weighted by Crippen LogP contribution is -2.42. The maximum Gasteiger partial charge on any atom is 0.414 e. The molecule has 0 aliphatic carbocycles. The summed E-state index contributed by atoms with van der Waals surface area (Å²) in [6, 6.07) is 6.01. The molecule has 1 aromatic rings. The van der Waals surface area contributed by atoms with Gasteiger partial charge in [-0.3, -0.25) is 9.69 Å². The Balaban J connectivity index is 1.82. The van der Waals surface area contributed by atoms with Crippen molar-refractivity contribution in [2.24, 2.45) is 0 Å². The van der Waals surface area contributed by atoms with E-state index < -0.39 is 0 Å². The normalized spacial score (nSPS) is 20.9. The number of thioether (sulfide) groups is 1. The average Bonchev–Trinajstić information content (AvgIpc) is 2.85. The Bertz CT molecular complexity index is 576. The van der Waals surface area contributed by atoms with Crippen molar-refractivity contribution in [3.63, 3.8) is 0 Å². The number of aryl methyl sites for hydroxylation is 1. The lowest BCUT2D eigenvalue weighted by atomic mass is 10.0. The van der Waals surface area contributed by atoms with E-state index in [1.54, 1.807) is 4.90 Å². The van der Waals surface area contributed by atoms with E-state index in [0.29, 0.717) is 13.2 Å². The summed E-state index contributed by atoms with van der Waals surface area (Å²) < 4.78 is 5.14. The first-order valence-corrected chi connectivity index (χ1v) is 8.20. The van der Waals surface area contributed by atoms with Crippen LogP contribution in [0.2, 0.25) is 0 Å². The van der Waals surface area contributed by atoms with Crippen molar-refractivity contribution in [2.75, 3.05) is 23.8 Å². The van der Waals surface area contributed by atoms with Crippen LogP contribution in [0.15, 0.2) is 18.2 Å². The van der Waals surface area contributed by atoms with Crippen molar-refractivity contribution < 1.29 is 14.3 Å². The van der Waals surface area contributed by atoms with E-state index in [-0.39, 0.29) is 18.0 Å². The van der Waals surface area contributed by atoms with E-state index in [9.17, 15) is 9.59 Å². The van der Waals surface area contributed by atoms with Crippen molar-refractivity contribution in [1.82, 2.24) is 5.32 Å². The second kappa shape index (κ2) is 5.97. The standard InChI is InChI=1S/C15H18N2O3S/c1-10(18)16-7-14-8-20-15(19)17(14)13-3-2-11-4-5-21-9-12(11)6-13/h2-3,6,14H,4-5,7-9H2,1H3,(H,16,18). The molecule has 2 aliphatic rings. The topological polar surface area (TPSA) is 58.6 Å². The van der Waals surface area contributed by atoms with Crippen LogP contribution in [-0.4, -0.2) is 36.9 Å². The molecule has 112 valence electrons. The third-order valence-corrected chi connectivity index (χ3v) is 4.80. The molecule has 0 saturated carbocycles. The molecule has 6 heteroatoms. The number of anilines is 1. The van der Waals surface area contributed by atoms with Gasteiger partial charge in [-0.15, -0.1) is 0 Å². The molecule has 1 saturated heterocycles. The van der Waals surface area contributed by atoms with E-state index in [1.807, 2.05) is 17.8 Å². The predicted molar refractivity (Wildman–Crippen MR) is 82.6 cm³/mol. The number of carbonyl (C=O) groups is 2. The van der Waals surface area contributed by atoms with E-state index in [2.05, 4.69) is 17.4 Å². The largest absolute Gasteiger partial charge is 0.447 e. The van der Waals surface area contributed by atoms with Crippen molar-refractivity contribution in [3.8, 4) is 0 Å². The van der Waals surface area contributed by atoms with Crippen LogP contribution in [0.3, 0.4) is 0 Å². The SMILES string of the molecule is CC(=O)NCC1COC(=O)N1c1ccc2c(c1)CSCC2. The number of hydrogen-bond acceptors (Lipinski definition) is 4. The first-order chi connectivity index (χ1) is 10.1. The molecule has 0 aromatic heterocycles. The quantitative estimate of drug-likeness (QED) is 0.927. The fourth-order valence-corrected chi connectivity index (χ4v) is 3.69. The third-order valence-electron chi connectivity index (χ3n) is 3.79. The van der Waals surface area contributed by atoms with Gasteiger partial charge in [0, 0.05) is 24.9 Å². The summed E-state index contributed by atoms with van der Waals surface area (Å²) in [5.74, 6) is 2.04. The van der Waals surface area contributed by atoms with Gasteiger partial charge in [-0.05, 0) is 35.4 Å². The summed E-state index contributed by atoms with van der Waals surface area (Å²) in [6.45, 7) is 2.19. The Morgan fingerprint density at radius 2 is 2.33 bits per heavy atom. The van der Waals surface area contributed by atoms with Crippen LogP contribution < -0.4 is 10.2 Å². The lowest BCUT2D eigenvalue weighted by molar-refractivity contribution is -0.119. The average molecular weight is 306 g/mol. The smallest absolute Gasteiger partial charge is 0.414 e. The Kier molecular flexibility index (Phi) is 4.05. The first kappa shape index (κ1) is 14.3. The minimum Gasteiger partial charge on any atom is -0.447 e. The zero-order valence-corrected chi connectivity index (χ0v) is 12.7. The van der Waals surface area contributed by atoms with Gasteiger partial charge in [0.15, 0.2) is 0 Å². The maximum atomic E-state index is 12.0. The van der Waals surface area contributed by atoms with Gasteiger partial charge in [0.2, 0.25) is 5.91 Å². The molecule has 1 N–H and O–H groups in total. The summed E-state index contributed by atoms with van der Waals surface area (Å²) in [5, 5.41) is 2.75. The van der Waals surface area contributed by atoms with Crippen LogP contribution in [0.5, 0.6) is 0 Å². The van der Waals surface area contributed by atoms with Crippen LogP contribution >= 0.6 is 11.8 Å². The number of nitrogens with one attached hydrogen (secondary N) is 1. The summed E-state index contributed by atoms with van der Waals surface area (Å²) in [4.78, 5) is 24.7. The van der Waals surface area contributed by atoms with Crippen LogP contribution in [0.1, 0.15) is 18.1 Å². The summed E-state index contributed by atoms with van der Waals surface area (Å²) in [5.41, 5.74) is 3.51. The molecular weight excluding hydrogens is 288 g/mol. The van der Waals surface area contributed by atoms with Crippen LogP contribution in [0, 0.1) is 0 Å². The summed E-state index contributed by atoms with van der Waals surface area (Å²) >= 11 is 1.91. The Morgan fingerprint density at radius 3 is 3.14 bits per heavy atom. The van der Waals surface area contributed by atoms with E-state index in [0.717, 1.165) is 23.6 Å². The van der Waals surface area contributed by atoms with Gasteiger partial charge in [0.05, 0.1) is 6.04 Å². The minimum atomic E-state index is -0.339. The van der Waals surface area contributed by atoms with Crippen LogP contribution in [0.25, 0.3) is 0 Å². The zero-order valence-electron chi connectivity index (χ0n) is 11.9. The Morgan fingerprint density at radius 1 is 1.48 bits per heavy atom. The van der Waals surface area contributed by atoms with Gasteiger partial charge < -0.3 is 10.1 Å². The molecule has 0 bridgehead atoms. The number of cyclic esters (lactones) is 1. The Labute approximate surface area is 128 Å². The number of ether oxygens (including phenoxy) is 1. The van der Waals surface area contributed by atoms with Gasteiger partial charge >= 0.3 is 6.09 Å². The summed E-state index contributed by atoms with van der Waals surface area (Å²) in [6.07, 6.45) is 0.744. The maximum absolute atomic E-state index is 12.0.